The van der Waals surface area contributed by atoms with Crippen LogP contribution in [0.1, 0.15) is 73.1 Å². The molecular formula is C25H40O6. The highest BCUT2D eigenvalue weighted by Gasteiger charge is 2.49. The molecule has 0 radical (unpaired) electrons. The van der Waals surface area contributed by atoms with Crippen LogP contribution in [-0.4, -0.2) is 46.6 Å². The van der Waals surface area contributed by atoms with Gasteiger partial charge < -0.3 is 19.7 Å². The van der Waals surface area contributed by atoms with Crippen LogP contribution in [0.4, 0.5) is 0 Å². The lowest BCUT2D eigenvalue weighted by Crippen LogP contribution is -2.52. The molecule has 0 amide bonds. The highest BCUT2D eigenvalue weighted by Crippen LogP contribution is 2.48. The van der Waals surface area contributed by atoms with Crippen LogP contribution in [0.15, 0.2) is 12.2 Å². The quantitative estimate of drug-likeness (QED) is 0.488. The topological polar surface area (TPSA) is 93.1 Å². The number of rotatable bonds is 6. The molecule has 31 heavy (non-hydrogen) atoms. The Hall–Kier alpha value is -1.40. The Labute approximate surface area is 186 Å². The van der Waals surface area contributed by atoms with Gasteiger partial charge in [0.05, 0.1) is 24.0 Å². The van der Waals surface area contributed by atoms with Crippen LogP contribution in [0.3, 0.4) is 0 Å². The minimum Gasteiger partial charge on any atom is -0.462 e. The molecule has 2 N–H and O–H groups in total. The van der Waals surface area contributed by atoms with Crippen molar-refractivity contribution in [1.29, 1.82) is 0 Å². The van der Waals surface area contributed by atoms with Crippen molar-refractivity contribution >= 4 is 11.9 Å². The van der Waals surface area contributed by atoms with E-state index in [-0.39, 0.29) is 60.2 Å². The van der Waals surface area contributed by atoms with Gasteiger partial charge in [0.15, 0.2) is 0 Å². The van der Waals surface area contributed by atoms with E-state index in [1.54, 1.807) is 0 Å². The van der Waals surface area contributed by atoms with Gasteiger partial charge in [-0.2, -0.15) is 0 Å². The molecule has 0 unspecified atom stereocenters. The van der Waals surface area contributed by atoms with E-state index in [1.807, 2.05) is 27.7 Å². The number of carbonyl (C=O) groups excluding carboxylic acids is 2. The summed E-state index contributed by atoms with van der Waals surface area (Å²) in [5.41, 5.74) is -0.535. The van der Waals surface area contributed by atoms with Crippen molar-refractivity contribution in [3.8, 4) is 0 Å². The number of esters is 2. The number of allylic oxidation sites excluding steroid dienone is 1. The van der Waals surface area contributed by atoms with Gasteiger partial charge in [0.25, 0.3) is 0 Å². The fraction of sp³-hybridized carbons (Fsp3) is 0.840. The van der Waals surface area contributed by atoms with E-state index < -0.39 is 17.6 Å². The summed E-state index contributed by atoms with van der Waals surface area (Å²) >= 11 is 0. The first-order valence-corrected chi connectivity index (χ1v) is 12.0. The maximum Gasteiger partial charge on any atom is 0.311 e. The monoisotopic (exact) mass is 436 g/mol. The standard InChI is InChI=1S/C25H40O6/c1-6-25(4,5)24(29)31-20-11-15(3)23(28)19-9-7-14(2)18(22(19)20)10-8-17-12-16(26)13-21(27)30-17/h7,9,14-20,22-23,26,28H,6,8,10-13H2,1-5H3/t14-,15+,16+,17+,18-,19+,20-,22+,23+/m0/s1. The van der Waals surface area contributed by atoms with Crippen molar-refractivity contribution in [3.05, 3.63) is 12.2 Å². The summed E-state index contributed by atoms with van der Waals surface area (Å²) < 4.78 is 11.6. The molecule has 1 heterocycles. The molecule has 1 saturated heterocycles. The average molecular weight is 437 g/mol. The number of aliphatic hydroxyl groups is 2. The van der Waals surface area contributed by atoms with Gasteiger partial charge in [-0.05, 0) is 57.3 Å². The Balaban J connectivity index is 1.78. The zero-order chi connectivity index (χ0) is 22.9. The first-order valence-electron chi connectivity index (χ1n) is 12.0. The van der Waals surface area contributed by atoms with Gasteiger partial charge in [-0.25, -0.2) is 0 Å². The third-order valence-electron chi connectivity index (χ3n) is 8.01. The molecule has 3 aliphatic rings. The van der Waals surface area contributed by atoms with Crippen LogP contribution < -0.4 is 0 Å². The lowest BCUT2D eigenvalue weighted by atomic mass is 9.59. The van der Waals surface area contributed by atoms with Crippen LogP contribution >= 0.6 is 0 Å². The van der Waals surface area contributed by atoms with Crippen LogP contribution in [-0.2, 0) is 19.1 Å². The second kappa shape index (κ2) is 9.62. The first kappa shape index (κ1) is 24.2. The second-order valence-corrected chi connectivity index (χ2v) is 10.7. The normalized spacial score (nSPS) is 40.7. The summed E-state index contributed by atoms with van der Waals surface area (Å²) in [5.74, 6) is 0.00114. The number of cyclic esters (lactones) is 1. The molecule has 1 saturated carbocycles. The molecular weight excluding hydrogens is 396 g/mol. The van der Waals surface area contributed by atoms with Crippen molar-refractivity contribution < 1.29 is 29.3 Å². The Kier molecular flexibility index (Phi) is 7.52. The van der Waals surface area contributed by atoms with E-state index in [2.05, 4.69) is 19.1 Å². The number of ether oxygens (including phenoxy) is 2. The summed E-state index contributed by atoms with van der Waals surface area (Å²) in [6.07, 6.45) is 6.04. The Morgan fingerprint density at radius 2 is 1.90 bits per heavy atom. The Morgan fingerprint density at radius 3 is 2.55 bits per heavy atom. The Bertz CT molecular complexity index is 685. The van der Waals surface area contributed by atoms with Crippen LogP contribution in [0.25, 0.3) is 0 Å². The van der Waals surface area contributed by atoms with Crippen LogP contribution in [0.5, 0.6) is 0 Å². The lowest BCUT2D eigenvalue weighted by molar-refractivity contribution is -0.176. The highest BCUT2D eigenvalue weighted by molar-refractivity contribution is 5.76. The lowest BCUT2D eigenvalue weighted by Gasteiger charge is -2.50. The van der Waals surface area contributed by atoms with Crippen LogP contribution in [0.2, 0.25) is 0 Å². The molecule has 0 aromatic heterocycles. The van der Waals surface area contributed by atoms with Gasteiger partial charge in [0.2, 0.25) is 0 Å². The highest BCUT2D eigenvalue weighted by atomic mass is 16.6. The molecule has 6 nitrogen and oxygen atoms in total. The van der Waals surface area contributed by atoms with Gasteiger partial charge in [0.1, 0.15) is 12.2 Å². The van der Waals surface area contributed by atoms with Crippen molar-refractivity contribution in [3.63, 3.8) is 0 Å². The van der Waals surface area contributed by atoms with E-state index in [9.17, 15) is 19.8 Å². The molecule has 0 spiro atoms. The van der Waals surface area contributed by atoms with E-state index in [4.69, 9.17) is 9.47 Å². The molecule has 0 aromatic rings. The number of fused-ring (bicyclic) bond motifs is 1. The van der Waals surface area contributed by atoms with Crippen molar-refractivity contribution in [1.82, 2.24) is 0 Å². The maximum atomic E-state index is 12.9. The minimum atomic E-state index is -0.634. The van der Waals surface area contributed by atoms with Gasteiger partial charge >= 0.3 is 11.9 Å². The van der Waals surface area contributed by atoms with Crippen molar-refractivity contribution in [2.45, 2.75) is 97.6 Å². The third kappa shape index (κ3) is 5.33. The summed E-state index contributed by atoms with van der Waals surface area (Å²) in [4.78, 5) is 24.6. The van der Waals surface area contributed by atoms with Gasteiger partial charge in [0, 0.05) is 18.3 Å². The second-order valence-electron chi connectivity index (χ2n) is 10.7. The number of hydrogen-bond acceptors (Lipinski definition) is 6. The summed E-state index contributed by atoms with van der Waals surface area (Å²) in [6, 6.07) is 0. The van der Waals surface area contributed by atoms with Crippen molar-refractivity contribution in [2.24, 2.45) is 35.0 Å². The molecule has 6 heteroatoms. The molecule has 2 aliphatic carbocycles. The predicted molar refractivity (Wildman–Crippen MR) is 117 cm³/mol. The maximum absolute atomic E-state index is 12.9. The third-order valence-corrected chi connectivity index (χ3v) is 8.01. The fourth-order valence-electron chi connectivity index (χ4n) is 5.56. The molecule has 0 bridgehead atoms. The molecule has 9 atom stereocenters. The largest absolute Gasteiger partial charge is 0.462 e. The molecule has 2 fully saturated rings. The van der Waals surface area contributed by atoms with Crippen molar-refractivity contribution in [2.75, 3.05) is 0 Å². The first-order chi connectivity index (χ1) is 14.5. The Morgan fingerprint density at radius 1 is 1.19 bits per heavy atom. The molecule has 176 valence electrons. The number of carbonyl (C=O) groups is 2. The SMILES string of the molecule is CCC(C)(C)C(=O)O[C@H]1C[C@@H](C)[C@@H](O)[C@@H]2C=C[C@H](C)[C@H](CC[C@@H]3C[C@@H](O)CC(=O)O3)[C@H]21. The zero-order valence-electron chi connectivity index (χ0n) is 19.6. The molecule has 0 aromatic carbocycles. The minimum absolute atomic E-state index is 0.0343. The van der Waals surface area contributed by atoms with Crippen LogP contribution in [0, 0.1) is 35.0 Å². The summed E-state index contributed by atoms with van der Waals surface area (Å²) in [7, 11) is 0. The summed E-state index contributed by atoms with van der Waals surface area (Å²) in [6.45, 7) is 10.0. The van der Waals surface area contributed by atoms with Gasteiger partial charge in [-0.1, -0.05) is 32.9 Å². The van der Waals surface area contributed by atoms with E-state index >= 15 is 0 Å². The molecule has 3 rings (SSSR count). The number of hydrogen-bond donors (Lipinski definition) is 2. The van der Waals surface area contributed by atoms with E-state index in [0.717, 1.165) is 6.42 Å². The number of aliphatic hydroxyl groups excluding tert-OH is 2. The van der Waals surface area contributed by atoms with E-state index in [0.29, 0.717) is 25.7 Å². The van der Waals surface area contributed by atoms with Gasteiger partial charge in [-0.15, -0.1) is 0 Å². The average Bonchev–Trinajstić information content (AvgIpc) is 2.69. The smallest absolute Gasteiger partial charge is 0.311 e. The predicted octanol–water partition coefficient (Wildman–Crippen LogP) is 3.64. The van der Waals surface area contributed by atoms with Gasteiger partial charge in [-0.3, -0.25) is 9.59 Å². The fourth-order valence-corrected chi connectivity index (χ4v) is 5.56. The van der Waals surface area contributed by atoms with E-state index in [1.165, 1.54) is 0 Å². The molecule has 1 aliphatic heterocycles. The zero-order valence-corrected chi connectivity index (χ0v) is 19.6. The summed E-state index contributed by atoms with van der Waals surface area (Å²) in [5, 5.41) is 20.9.